The first-order chi connectivity index (χ1) is 28.2. The molecule has 0 radical (unpaired) electrons. The molecule has 0 spiro atoms. The van der Waals surface area contributed by atoms with E-state index in [0.717, 1.165) is 35.4 Å². The highest BCUT2D eigenvalue weighted by Gasteiger charge is 2.69. The Hall–Kier alpha value is -6.87. The van der Waals surface area contributed by atoms with Crippen LogP contribution in [0.15, 0.2) is 139 Å². The summed E-state index contributed by atoms with van der Waals surface area (Å²) >= 11 is 0. The van der Waals surface area contributed by atoms with Crippen LogP contribution in [0.5, 0.6) is 11.5 Å². The Labute approximate surface area is 337 Å². The molecule has 5 aromatic carbocycles. The molecular formula is C45H40FNO12. The van der Waals surface area contributed by atoms with Crippen molar-refractivity contribution in [2.75, 3.05) is 19.7 Å². The lowest BCUT2D eigenvalue weighted by Crippen LogP contribution is -2.71. The van der Waals surface area contributed by atoms with Crippen LogP contribution in [0.25, 0.3) is 5.76 Å². The predicted molar refractivity (Wildman–Crippen MR) is 210 cm³/mol. The van der Waals surface area contributed by atoms with Crippen LogP contribution in [-0.4, -0.2) is 89.9 Å². The number of Topliss-reactive ketones (excluding diaryl/α,β-unsaturated/α-hetero) is 2. The SMILES string of the molecule is O=C(O)[C@](O)(C(=O)c1ccccc1)[C@](O)(C(=O)O)C(=O)c1ccccc1.OC1=C(N2CCC(O)(c3ccc(F)cc3)CC2)COc2cc(OCc3ccccc3)ccc21. The number of carboxylic acid groups (broad SMARTS) is 2. The molecule has 0 unspecified atom stereocenters. The largest absolute Gasteiger partial charge is 0.505 e. The lowest BCUT2D eigenvalue weighted by molar-refractivity contribution is -0.187. The number of aliphatic carboxylic acids is 2. The highest BCUT2D eigenvalue weighted by atomic mass is 19.1. The predicted octanol–water partition coefficient (Wildman–Crippen LogP) is 5.39. The highest BCUT2D eigenvalue weighted by Crippen LogP contribution is 2.39. The van der Waals surface area contributed by atoms with Crippen LogP contribution in [0.3, 0.4) is 0 Å². The molecule has 2 heterocycles. The van der Waals surface area contributed by atoms with Gasteiger partial charge in [0.05, 0.1) is 16.9 Å². The van der Waals surface area contributed by atoms with Gasteiger partial charge in [0, 0.05) is 30.3 Å². The van der Waals surface area contributed by atoms with Crippen LogP contribution in [0.2, 0.25) is 0 Å². The minimum atomic E-state index is -3.95. The molecule has 0 saturated carbocycles. The average Bonchev–Trinajstić information content (AvgIpc) is 3.26. The second kappa shape index (κ2) is 17.3. The Kier molecular flexibility index (Phi) is 12.3. The number of carboxylic acids is 2. The molecule has 2 atom stereocenters. The molecule has 7 rings (SSSR count). The molecule has 59 heavy (non-hydrogen) atoms. The number of piperidine rings is 1. The van der Waals surface area contributed by atoms with Crippen LogP contribution in [0.4, 0.5) is 4.39 Å². The Bertz CT molecular complexity index is 2270. The molecule has 5 aromatic rings. The summed E-state index contributed by atoms with van der Waals surface area (Å²) in [6.45, 7) is 1.82. The van der Waals surface area contributed by atoms with E-state index < -0.39 is 51.4 Å². The smallest absolute Gasteiger partial charge is 0.348 e. The number of nitrogens with zero attached hydrogens (tertiary/aromatic N) is 1. The number of carbonyl (C=O) groups is 4. The fourth-order valence-electron chi connectivity index (χ4n) is 6.88. The quantitative estimate of drug-likeness (QED) is 0.0691. The molecular weight excluding hydrogens is 765 g/mol. The molecule has 2 aliphatic heterocycles. The van der Waals surface area contributed by atoms with Crippen LogP contribution in [0.1, 0.15) is 50.2 Å². The molecule has 0 aromatic heterocycles. The molecule has 1 fully saturated rings. The molecule has 13 nitrogen and oxygen atoms in total. The third-order valence-electron chi connectivity index (χ3n) is 10.3. The highest BCUT2D eigenvalue weighted by molar-refractivity contribution is 6.28. The van der Waals surface area contributed by atoms with Crippen molar-refractivity contribution in [3.63, 3.8) is 0 Å². The number of ketones is 2. The number of rotatable bonds is 12. The first-order valence-electron chi connectivity index (χ1n) is 18.4. The maximum absolute atomic E-state index is 13.2. The summed E-state index contributed by atoms with van der Waals surface area (Å²) in [5.74, 6) is -6.89. The summed E-state index contributed by atoms with van der Waals surface area (Å²) in [6, 6.07) is 34.2. The van der Waals surface area contributed by atoms with Crippen molar-refractivity contribution >= 4 is 29.3 Å². The number of aliphatic hydroxyl groups excluding tert-OH is 1. The van der Waals surface area contributed by atoms with Crippen molar-refractivity contribution in [3.8, 4) is 11.5 Å². The van der Waals surface area contributed by atoms with Crippen molar-refractivity contribution in [3.05, 3.63) is 173 Å². The van der Waals surface area contributed by atoms with Crippen LogP contribution >= 0.6 is 0 Å². The molecule has 0 aliphatic carbocycles. The van der Waals surface area contributed by atoms with Gasteiger partial charge in [-0.15, -0.1) is 0 Å². The van der Waals surface area contributed by atoms with Gasteiger partial charge in [-0.25, -0.2) is 14.0 Å². The van der Waals surface area contributed by atoms with Gasteiger partial charge in [0.2, 0.25) is 11.6 Å². The average molecular weight is 806 g/mol. The van der Waals surface area contributed by atoms with E-state index in [0.29, 0.717) is 55.3 Å². The normalized spacial score (nSPS) is 16.4. The second-order valence-electron chi connectivity index (χ2n) is 14.0. The lowest BCUT2D eigenvalue weighted by Gasteiger charge is -2.41. The number of hydrogen-bond acceptors (Lipinski definition) is 11. The number of fused-ring (bicyclic) bond motifs is 1. The Balaban J connectivity index is 0.000000205. The summed E-state index contributed by atoms with van der Waals surface area (Å²) in [4.78, 5) is 50.6. The van der Waals surface area contributed by atoms with Gasteiger partial charge in [0.15, 0.2) is 0 Å². The van der Waals surface area contributed by atoms with E-state index in [-0.39, 0.29) is 18.2 Å². The fraction of sp³-hybridized carbons (Fsp3) is 0.200. The molecule has 6 N–H and O–H groups in total. The van der Waals surface area contributed by atoms with Gasteiger partial charge >= 0.3 is 11.9 Å². The monoisotopic (exact) mass is 805 g/mol. The van der Waals surface area contributed by atoms with Crippen molar-refractivity contribution in [1.29, 1.82) is 0 Å². The van der Waals surface area contributed by atoms with E-state index in [1.165, 1.54) is 48.5 Å². The fourth-order valence-corrected chi connectivity index (χ4v) is 6.88. The molecule has 304 valence electrons. The van der Waals surface area contributed by atoms with Gasteiger partial charge in [-0.1, -0.05) is 103 Å². The second-order valence-corrected chi connectivity index (χ2v) is 14.0. The summed E-state index contributed by atoms with van der Waals surface area (Å²) in [5, 5.41) is 61.9. The molecule has 14 heteroatoms. The van der Waals surface area contributed by atoms with Gasteiger partial charge in [-0.3, -0.25) is 9.59 Å². The van der Waals surface area contributed by atoms with E-state index in [1.807, 2.05) is 42.5 Å². The van der Waals surface area contributed by atoms with E-state index in [4.69, 9.17) is 9.47 Å². The number of hydrogen-bond donors (Lipinski definition) is 6. The van der Waals surface area contributed by atoms with E-state index >= 15 is 0 Å². The summed E-state index contributed by atoms with van der Waals surface area (Å²) in [6.07, 6.45) is 0.961. The van der Waals surface area contributed by atoms with Crippen LogP contribution < -0.4 is 9.47 Å². The van der Waals surface area contributed by atoms with Crippen molar-refractivity contribution < 1.29 is 63.7 Å². The first kappa shape index (κ1) is 41.8. The van der Waals surface area contributed by atoms with Gasteiger partial charge in [0.1, 0.15) is 36.3 Å². The third-order valence-corrected chi connectivity index (χ3v) is 10.3. The Morgan fingerprint density at radius 2 is 1.20 bits per heavy atom. The number of ether oxygens (including phenoxy) is 2. The molecule has 0 bridgehead atoms. The van der Waals surface area contributed by atoms with Crippen molar-refractivity contribution in [2.45, 2.75) is 36.3 Å². The Morgan fingerprint density at radius 3 is 1.69 bits per heavy atom. The number of benzene rings is 5. The van der Waals surface area contributed by atoms with Crippen molar-refractivity contribution in [1.82, 2.24) is 4.90 Å². The van der Waals surface area contributed by atoms with Crippen molar-refractivity contribution in [2.24, 2.45) is 0 Å². The first-order valence-corrected chi connectivity index (χ1v) is 18.4. The van der Waals surface area contributed by atoms with Crippen LogP contribution in [-0.2, 0) is 21.8 Å². The standard InChI is InChI=1S/C27H26FNO4.C18H14O8/c28-21-8-6-20(7-9-21)27(31)12-14-29(15-13-27)24-18-33-25-16-22(10-11-23(25)26(24)30)32-17-19-4-2-1-3-5-19;19-13(11-7-3-1-4-8-11)17(25,15(21)22)18(26,16(23)24)14(20)12-9-5-2-6-10-12/h1-11,16,30-31H,12-15,17-18H2;1-10,25-26H,(H,21,22)(H,23,24)/t;17-,18-/m.1/s1. The maximum Gasteiger partial charge on any atom is 0.348 e. The minimum Gasteiger partial charge on any atom is -0.505 e. The number of halogens is 1. The van der Waals surface area contributed by atoms with E-state index in [2.05, 4.69) is 4.90 Å². The lowest BCUT2D eigenvalue weighted by atomic mass is 9.73. The zero-order chi connectivity index (χ0) is 42.4. The minimum absolute atomic E-state index is 0.193. The zero-order valence-corrected chi connectivity index (χ0v) is 31.4. The van der Waals surface area contributed by atoms with E-state index in [9.17, 15) is 54.2 Å². The van der Waals surface area contributed by atoms with Gasteiger partial charge in [-0.2, -0.15) is 0 Å². The molecule has 2 aliphatic rings. The number of carbonyl (C=O) groups excluding carboxylic acids is 2. The Morgan fingerprint density at radius 1 is 0.712 bits per heavy atom. The molecule has 1 saturated heterocycles. The van der Waals surface area contributed by atoms with Gasteiger partial charge in [-0.05, 0) is 48.2 Å². The number of aliphatic hydroxyl groups is 4. The summed E-state index contributed by atoms with van der Waals surface area (Å²) in [7, 11) is 0. The zero-order valence-electron chi connectivity index (χ0n) is 31.4. The van der Waals surface area contributed by atoms with Crippen LogP contribution in [0, 0.1) is 5.82 Å². The summed E-state index contributed by atoms with van der Waals surface area (Å²) in [5.41, 5.74) is -6.55. The number of likely N-dealkylation sites (tertiary alicyclic amines) is 1. The van der Waals surface area contributed by atoms with E-state index in [1.54, 1.807) is 18.2 Å². The van der Waals surface area contributed by atoms with Gasteiger partial charge in [0.25, 0.3) is 11.2 Å². The topological polar surface area (TPSA) is 211 Å². The molecule has 0 amide bonds. The van der Waals surface area contributed by atoms with Gasteiger partial charge < -0.3 is 45.0 Å². The third kappa shape index (κ3) is 8.41. The summed E-state index contributed by atoms with van der Waals surface area (Å²) < 4.78 is 25.1. The maximum atomic E-state index is 13.2.